The summed E-state index contributed by atoms with van der Waals surface area (Å²) in [5, 5.41) is 8.54. The van der Waals surface area contributed by atoms with Crippen LogP contribution in [-0.4, -0.2) is 63.3 Å². The molecule has 25 heavy (non-hydrogen) atoms. The van der Waals surface area contributed by atoms with Crippen LogP contribution in [0.2, 0.25) is 0 Å². The molecule has 0 heterocycles. The first-order valence-corrected chi connectivity index (χ1v) is 9.57. The number of hydrogen-bond donors (Lipinski definition) is 3. The predicted octanol–water partition coefficient (Wildman–Crippen LogP) is 1.51. The second-order valence-electron chi connectivity index (χ2n) is 7.29. The van der Waals surface area contributed by atoms with Crippen molar-refractivity contribution < 1.29 is 17.9 Å². The summed E-state index contributed by atoms with van der Waals surface area (Å²) in [6.45, 7) is 11.5. The molecule has 8 nitrogen and oxygen atoms in total. The largest absolute Gasteiger partial charge is 0.444 e. The van der Waals surface area contributed by atoms with E-state index in [9.17, 15) is 13.2 Å². The van der Waals surface area contributed by atoms with Crippen molar-refractivity contribution in [3.63, 3.8) is 0 Å². The Morgan fingerprint density at radius 1 is 0.960 bits per heavy atom. The van der Waals surface area contributed by atoms with Crippen LogP contribution in [0, 0.1) is 0 Å². The van der Waals surface area contributed by atoms with Crippen LogP contribution in [0.3, 0.4) is 0 Å². The topological polar surface area (TPSA) is 109 Å². The molecule has 0 fully saturated rings. The monoisotopic (exact) mass is 492 g/mol. The Hall–Kier alpha value is -0.780. The van der Waals surface area contributed by atoms with Crippen molar-refractivity contribution in [2.45, 2.75) is 51.9 Å². The highest BCUT2D eigenvalue weighted by Gasteiger charge is 2.28. The van der Waals surface area contributed by atoms with Gasteiger partial charge in [-0.2, -0.15) is 0 Å². The highest BCUT2D eigenvalue weighted by molar-refractivity contribution is 14.0. The second kappa shape index (κ2) is 11.0. The summed E-state index contributed by atoms with van der Waals surface area (Å²) < 4.78 is 28.4. The van der Waals surface area contributed by atoms with Crippen molar-refractivity contribution >= 4 is 45.9 Å². The number of alkyl carbamates (subject to hydrolysis) is 1. The standard InChI is InChI=1S/C15H32N4O4S.HI/c1-14(2,3)23-13(20)19-9-8-17-12(16-7)18-10-11-24(21,22)15(4,5)6;/h8-11H2,1-7H3,(H,19,20)(H2,16,17,18);1H. The number of rotatable bonds is 6. The van der Waals surface area contributed by atoms with E-state index < -0.39 is 26.3 Å². The van der Waals surface area contributed by atoms with Crippen molar-refractivity contribution in [3.05, 3.63) is 0 Å². The lowest BCUT2D eigenvalue weighted by Gasteiger charge is -2.20. The van der Waals surface area contributed by atoms with Crippen molar-refractivity contribution in [2.75, 3.05) is 32.4 Å². The number of carbonyl (C=O) groups is 1. The Morgan fingerprint density at radius 2 is 1.44 bits per heavy atom. The van der Waals surface area contributed by atoms with Gasteiger partial charge in [-0.3, -0.25) is 4.99 Å². The molecule has 0 unspecified atom stereocenters. The molecule has 0 saturated carbocycles. The number of halogens is 1. The Balaban J connectivity index is 0. The zero-order chi connectivity index (χ0) is 19.0. The van der Waals surface area contributed by atoms with E-state index in [0.717, 1.165) is 0 Å². The van der Waals surface area contributed by atoms with Crippen LogP contribution >= 0.6 is 24.0 Å². The minimum absolute atomic E-state index is 0. The molecule has 0 aliphatic carbocycles. The third kappa shape index (κ3) is 12.2. The van der Waals surface area contributed by atoms with Gasteiger partial charge in [0.2, 0.25) is 0 Å². The van der Waals surface area contributed by atoms with E-state index in [1.165, 1.54) is 0 Å². The quantitative estimate of drug-likeness (QED) is 0.225. The predicted molar refractivity (Wildman–Crippen MR) is 113 cm³/mol. The minimum Gasteiger partial charge on any atom is -0.444 e. The lowest BCUT2D eigenvalue weighted by molar-refractivity contribution is 0.0529. The Kier molecular flexibility index (Phi) is 11.7. The van der Waals surface area contributed by atoms with Gasteiger partial charge in [-0.05, 0) is 41.5 Å². The molecule has 0 radical (unpaired) electrons. The fraction of sp³-hybridized carbons (Fsp3) is 0.867. The van der Waals surface area contributed by atoms with Crippen LogP contribution in [-0.2, 0) is 14.6 Å². The van der Waals surface area contributed by atoms with E-state index in [1.54, 1.807) is 48.6 Å². The van der Waals surface area contributed by atoms with E-state index in [2.05, 4.69) is 20.9 Å². The molecule has 0 aromatic rings. The molecule has 0 bridgehead atoms. The van der Waals surface area contributed by atoms with E-state index in [0.29, 0.717) is 19.0 Å². The Labute approximate surface area is 168 Å². The molecule has 150 valence electrons. The molecular formula is C15H33IN4O4S. The molecule has 3 N–H and O–H groups in total. The van der Waals surface area contributed by atoms with Gasteiger partial charge >= 0.3 is 6.09 Å². The number of nitrogens with one attached hydrogen (secondary N) is 3. The summed E-state index contributed by atoms with van der Waals surface area (Å²) in [6, 6.07) is 0. The van der Waals surface area contributed by atoms with Gasteiger partial charge in [0.05, 0.1) is 10.5 Å². The second-order valence-corrected chi connectivity index (χ2v) is 10.1. The Morgan fingerprint density at radius 3 is 1.88 bits per heavy atom. The zero-order valence-corrected chi connectivity index (χ0v) is 19.4. The molecular weight excluding hydrogens is 459 g/mol. The third-order valence-electron chi connectivity index (χ3n) is 2.91. The van der Waals surface area contributed by atoms with E-state index in [4.69, 9.17) is 4.74 Å². The minimum atomic E-state index is -3.17. The average molecular weight is 492 g/mol. The van der Waals surface area contributed by atoms with Crippen molar-refractivity contribution in [1.29, 1.82) is 0 Å². The normalized spacial score (nSPS) is 12.8. The number of amides is 1. The first-order chi connectivity index (χ1) is 10.8. The van der Waals surface area contributed by atoms with E-state index in [-0.39, 0.29) is 36.3 Å². The summed E-state index contributed by atoms with van der Waals surface area (Å²) in [4.78, 5) is 15.5. The zero-order valence-electron chi connectivity index (χ0n) is 16.2. The summed E-state index contributed by atoms with van der Waals surface area (Å²) in [6.07, 6.45) is -0.483. The van der Waals surface area contributed by atoms with Gasteiger partial charge in [-0.25, -0.2) is 13.2 Å². The molecule has 10 heteroatoms. The highest BCUT2D eigenvalue weighted by Crippen LogP contribution is 2.15. The van der Waals surface area contributed by atoms with Gasteiger partial charge in [0, 0.05) is 26.7 Å². The fourth-order valence-electron chi connectivity index (χ4n) is 1.49. The van der Waals surface area contributed by atoms with Crippen LogP contribution in [0.4, 0.5) is 4.79 Å². The SMILES string of the molecule is CN=C(NCCNC(=O)OC(C)(C)C)NCCS(=O)(=O)C(C)(C)C.I. The number of carbonyl (C=O) groups excluding carboxylic acids is 1. The van der Waals surface area contributed by atoms with Crippen molar-refractivity contribution in [1.82, 2.24) is 16.0 Å². The lowest BCUT2D eigenvalue weighted by Crippen LogP contribution is -2.44. The van der Waals surface area contributed by atoms with E-state index >= 15 is 0 Å². The maximum absolute atomic E-state index is 12.0. The molecule has 0 aliphatic heterocycles. The lowest BCUT2D eigenvalue weighted by atomic mass is 10.2. The average Bonchev–Trinajstić information content (AvgIpc) is 2.38. The van der Waals surface area contributed by atoms with Gasteiger partial charge in [-0.15, -0.1) is 24.0 Å². The summed E-state index contributed by atoms with van der Waals surface area (Å²) >= 11 is 0. The molecule has 0 saturated heterocycles. The third-order valence-corrected chi connectivity index (χ3v) is 5.51. The smallest absolute Gasteiger partial charge is 0.407 e. The summed E-state index contributed by atoms with van der Waals surface area (Å²) in [5.74, 6) is 0.498. The number of hydrogen-bond acceptors (Lipinski definition) is 5. The van der Waals surface area contributed by atoms with Gasteiger partial charge in [0.1, 0.15) is 5.60 Å². The molecule has 1 amide bonds. The van der Waals surface area contributed by atoms with E-state index in [1.807, 2.05) is 0 Å². The first-order valence-electron chi connectivity index (χ1n) is 7.92. The molecule has 0 aromatic carbocycles. The number of aliphatic imine (C=N–C) groups is 1. The van der Waals surface area contributed by atoms with Crippen molar-refractivity contribution in [3.8, 4) is 0 Å². The number of ether oxygens (including phenoxy) is 1. The van der Waals surface area contributed by atoms with Gasteiger partial charge in [-0.1, -0.05) is 0 Å². The first kappa shape index (κ1) is 26.4. The molecule has 0 aromatic heterocycles. The maximum Gasteiger partial charge on any atom is 0.407 e. The summed E-state index contributed by atoms with van der Waals surface area (Å²) in [5.41, 5.74) is -0.534. The van der Waals surface area contributed by atoms with Crippen LogP contribution in [0.25, 0.3) is 0 Å². The van der Waals surface area contributed by atoms with Crippen LogP contribution < -0.4 is 16.0 Å². The summed E-state index contributed by atoms with van der Waals surface area (Å²) in [7, 11) is -1.58. The van der Waals surface area contributed by atoms with Crippen LogP contribution in [0.1, 0.15) is 41.5 Å². The number of nitrogens with zero attached hydrogens (tertiary/aromatic N) is 1. The van der Waals surface area contributed by atoms with Gasteiger partial charge < -0.3 is 20.7 Å². The maximum atomic E-state index is 12.0. The fourth-order valence-corrected chi connectivity index (χ4v) is 2.47. The van der Waals surface area contributed by atoms with Crippen molar-refractivity contribution in [2.24, 2.45) is 4.99 Å². The molecule has 0 atom stereocenters. The number of guanidine groups is 1. The molecule has 0 rings (SSSR count). The molecule has 0 aliphatic rings. The van der Waals surface area contributed by atoms with Crippen LogP contribution in [0.5, 0.6) is 0 Å². The number of sulfone groups is 1. The highest BCUT2D eigenvalue weighted by atomic mass is 127. The van der Waals surface area contributed by atoms with Gasteiger partial charge in [0.25, 0.3) is 0 Å². The Bertz CT molecular complexity index is 537. The van der Waals surface area contributed by atoms with Gasteiger partial charge in [0.15, 0.2) is 15.8 Å². The molecule has 0 spiro atoms. The van der Waals surface area contributed by atoms with Crippen LogP contribution in [0.15, 0.2) is 4.99 Å².